The fourth-order valence-corrected chi connectivity index (χ4v) is 4.03. The normalized spacial score (nSPS) is 18.0. The van der Waals surface area contributed by atoms with Crippen LogP contribution in [0.2, 0.25) is 10.0 Å². The molecule has 0 aliphatic carbocycles. The number of rotatable bonds is 2. The summed E-state index contributed by atoms with van der Waals surface area (Å²) >= 11 is 12.1. The summed E-state index contributed by atoms with van der Waals surface area (Å²) in [4.78, 5) is 14.1. The Bertz CT molecular complexity index is 702. The number of likely N-dealkylation sites (tertiary alicyclic amines) is 1. The number of carbonyl (C=O) groups excluding carboxylic acids is 1. The quantitative estimate of drug-likeness (QED) is 0.889. The highest BCUT2D eigenvalue weighted by Crippen LogP contribution is 2.36. The van der Waals surface area contributed by atoms with Crippen molar-refractivity contribution in [3.63, 3.8) is 0 Å². The van der Waals surface area contributed by atoms with E-state index < -0.39 is 10.0 Å². The summed E-state index contributed by atoms with van der Waals surface area (Å²) in [6.07, 6.45) is 1.74. The molecule has 116 valence electrons. The molecule has 1 amide bonds. The average Bonchev–Trinajstić information content (AvgIpc) is 2.66. The molecule has 1 aliphatic rings. The lowest BCUT2D eigenvalue weighted by atomic mass is 10.0. The van der Waals surface area contributed by atoms with Gasteiger partial charge in [0.2, 0.25) is 10.0 Å². The summed E-state index contributed by atoms with van der Waals surface area (Å²) in [5, 5.41) is 4.99. The molecule has 0 saturated carbocycles. The Morgan fingerprint density at radius 3 is 2.43 bits per heavy atom. The van der Waals surface area contributed by atoms with E-state index in [2.05, 4.69) is 0 Å². The summed E-state index contributed by atoms with van der Waals surface area (Å²) < 4.78 is 23.0. The van der Waals surface area contributed by atoms with E-state index in [1.54, 1.807) is 4.90 Å². The minimum Gasteiger partial charge on any atom is -0.333 e. The van der Waals surface area contributed by atoms with Crippen molar-refractivity contribution in [2.45, 2.75) is 37.1 Å². The van der Waals surface area contributed by atoms with Gasteiger partial charge in [0.25, 0.3) is 5.91 Å². The zero-order valence-corrected chi connectivity index (χ0v) is 14.0. The second-order valence-electron chi connectivity index (χ2n) is 5.65. The fourth-order valence-electron chi connectivity index (χ4n) is 2.57. The van der Waals surface area contributed by atoms with E-state index in [1.165, 1.54) is 12.1 Å². The minimum absolute atomic E-state index is 0.0140. The summed E-state index contributed by atoms with van der Waals surface area (Å²) in [6.45, 7) is 4.48. The zero-order chi connectivity index (χ0) is 16.0. The molecule has 2 N–H and O–H groups in total. The third-order valence-electron chi connectivity index (χ3n) is 3.72. The lowest BCUT2D eigenvalue weighted by Crippen LogP contribution is -2.43. The first-order valence-electron chi connectivity index (χ1n) is 6.38. The maximum Gasteiger partial charge on any atom is 0.257 e. The number of carbonyl (C=O) groups is 1. The van der Waals surface area contributed by atoms with Gasteiger partial charge in [-0.2, -0.15) is 0 Å². The molecular weight excluding hydrogens is 335 g/mol. The first-order chi connectivity index (χ1) is 9.55. The highest BCUT2D eigenvalue weighted by Gasteiger charge is 2.37. The van der Waals surface area contributed by atoms with Crippen molar-refractivity contribution in [2.24, 2.45) is 5.14 Å². The van der Waals surface area contributed by atoms with Crippen LogP contribution in [0.4, 0.5) is 0 Å². The predicted octanol–water partition coefficient (Wildman–Crippen LogP) is 2.66. The van der Waals surface area contributed by atoms with Crippen molar-refractivity contribution in [3.8, 4) is 0 Å². The number of sulfonamides is 1. The molecule has 1 aromatic carbocycles. The van der Waals surface area contributed by atoms with Gasteiger partial charge in [0.05, 0.1) is 15.6 Å². The summed E-state index contributed by atoms with van der Waals surface area (Å²) in [6, 6.07) is 2.52. The summed E-state index contributed by atoms with van der Waals surface area (Å²) in [5.41, 5.74) is -0.332. The van der Waals surface area contributed by atoms with Crippen LogP contribution in [0.15, 0.2) is 17.0 Å². The molecule has 0 radical (unpaired) electrons. The standard InChI is InChI=1S/C13H16Cl2N2O3S/c1-13(2)6-3-7-17(13)12(18)10-8(14)4-5-9(11(10)15)21(16,19)20/h4-5H,3,6-7H2,1-2H3,(H2,16,19,20). The van der Waals surface area contributed by atoms with Crippen LogP contribution in [0.25, 0.3) is 0 Å². The maximum atomic E-state index is 12.7. The Kier molecular flexibility index (Phi) is 4.28. The van der Waals surface area contributed by atoms with Gasteiger partial charge in [-0.15, -0.1) is 0 Å². The highest BCUT2D eigenvalue weighted by molar-refractivity contribution is 7.89. The van der Waals surface area contributed by atoms with Gasteiger partial charge >= 0.3 is 0 Å². The van der Waals surface area contributed by atoms with Crippen LogP contribution in [-0.4, -0.2) is 31.3 Å². The minimum atomic E-state index is -4.02. The van der Waals surface area contributed by atoms with Crippen LogP contribution in [0, 0.1) is 0 Å². The first-order valence-corrected chi connectivity index (χ1v) is 8.69. The number of primary sulfonamides is 1. The van der Waals surface area contributed by atoms with E-state index in [0.717, 1.165) is 12.8 Å². The Morgan fingerprint density at radius 1 is 1.33 bits per heavy atom. The van der Waals surface area contributed by atoms with E-state index in [0.29, 0.717) is 6.54 Å². The first kappa shape index (κ1) is 16.5. The molecule has 1 aliphatic heterocycles. The van der Waals surface area contributed by atoms with Gasteiger partial charge in [-0.3, -0.25) is 4.79 Å². The number of nitrogens with zero attached hydrogens (tertiary/aromatic N) is 1. The molecule has 0 bridgehead atoms. The van der Waals surface area contributed by atoms with Gasteiger partial charge in [-0.25, -0.2) is 13.6 Å². The van der Waals surface area contributed by atoms with E-state index in [4.69, 9.17) is 28.3 Å². The van der Waals surface area contributed by atoms with E-state index in [1.807, 2.05) is 13.8 Å². The predicted molar refractivity (Wildman–Crippen MR) is 82.2 cm³/mol. The van der Waals surface area contributed by atoms with Crippen LogP contribution >= 0.6 is 23.2 Å². The molecule has 5 nitrogen and oxygen atoms in total. The molecule has 1 fully saturated rings. The third-order valence-corrected chi connectivity index (χ3v) is 5.50. The Hall–Kier alpha value is -0.820. The molecule has 1 heterocycles. The molecule has 8 heteroatoms. The molecule has 1 saturated heterocycles. The van der Waals surface area contributed by atoms with Gasteiger partial charge in [0, 0.05) is 12.1 Å². The second-order valence-corrected chi connectivity index (χ2v) is 7.97. The molecule has 2 rings (SSSR count). The lowest BCUT2D eigenvalue weighted by molar-refractivity contribution is 0.0652. The summed E-state index contributed by atoms with van der Waals surface area (Å²) in [5.74, 6) is -0.377. The average molecular weight is 351 g/mol. The number of nitrogens with two attached hydrogens (primary N) is 1. The van der Waals surface area contributed by atoms with E-state index >= 15 is 0 Å². The number of hydrogen-bond acceptors (Lipinski definition) is 3. The van der Waals surface area contributed by atoms with Gasteiger partial charge in [-0.05, 0) is 38.8 Å². The van der Waals surface area contributed by atoms with Gasteiger partial charge < -0.3 is 4.90 Å². The topological polar surface area (TPSA) is 80.5 Å². The molecule has 0 unspecified atom stereocenters. The van der Waals surface area contributed by atoms with Crippen molar-refractivity contribution in [1.29, 1.82) is 0 Å². The van der Waals surface area contributed by atoms with Crippen LogP contribution in [0.5, 0.6) is 0 Å². The number of amides is 1. The molecule has 0 spiro atoms. The van der Waals surface area contributed by atoms with Crippen molar-refractivity contribution in [1.82, 2.24) is 4.90 Å². The van der Waals surface area contributed by atoms with Crippen molar-refractivity contribution in [2.75, 3.05) is 6.54 Å². The zero-order valence-electron chi connectivity index (χ0n) is 11.7. The number of hydrogen-bond donors (Lipinski definition) is 1. The largest absolute Gasteiger partial charge is 0.333 e. The smallest absolute Gasteiger partial charge is 0.257 e. The van der Waals surface area contributed by atoms with Crippen molar-refractivity contribution in [3.05, 3.63) is 27.7 Å². The van der Waals surface area contributed by atoms with Gasteiger partial charge in [-0.1, -0.05) is 23.2 Å². The summed E-state index contributed by atoms with van der Waals surface area (Å²) in [7, 11) is -4.02. The maximum absolute atomic E-state index is 12.7. The number of halogens is 2. The molecule has 21 heavy (non-hydrogen) atoms. The lowest BCUT2D eigenvalue weighted by Gasteiger charge is -2.32. The third kappa shape index (κ3) is 3.04. The monoisotopic (exact) mass is 350 g/mol. The van der Waals surface area contributed by atoms with Crippen molar-refractivity contribution >= 4 is 39.1 Å². The molecule has 1 aromatic rings. The number of benzene rings is 1. The Labute approximate surface area is 134 Å². The second kappa shape index (κ2) is 5.43. The van der Waals surface area contributed by atoms with E-state index in [9.17, 15) is 13.2 Å². The Balaban J connectivity index is 2.57. The van der Waals surface area contributed by atoms with Crippen molar-refractivity contribution < 1.29 is 13.2 Å². The van der Waals surface area contributed by atoms with Gasteiger partial charge in [0.1, 0.15) is 4.90 Å². The van der Waals surface area contributed by atoms with Crippen LogP contribution in [0.1, 0.15) is 37.0 Å². The van der Waals surface area contributed by atoms with Crippen LogP contribution < -0.4 is 5.14 Å². The molecule has 0 aromatic heterocycles. The van der Waals surface area contributed by atoms with Gasteiger partial charge in [0.15, 0.2) is 0 Å². The SMILES string of the molecule is CC1(C)CCCN1C(=O)c1c(Cl)ccc(S(N)(=O)=O)c1Cl. The van der Waals surface area contributed by atoms with Crippen LogP contribution in [-0.2, 0) is 10.0 Å². The van der Waals surface area contributed by atoms with E-state index in [-0.39, 0.29) is 32.0 Å². The Morgan fingerprint density at radius 2 is 1.95 bits per heavy atom. The highest BCUT2D eigenvalue weighted by atomic mass is 35.5. The fraction of sp³-hybridized carbons (Fsp3) is 0.462. The molecule has 0 atom stereocenters. The molecular formula is C13H16Cl2N2O3S. The van der Waals surface area contributed by atoms with Crippen LogP contribution in [0.3, 0.4) is 0 Å².